The average Bonchev–Trinajstić information content (AvgIpc) is 2.79. The van der Waals surface area contributed by atoms with Gasteiger partial charge in [0.15, 0.2) is 0 Å². The zero-order valence-electron chi connectivity index (χ0n) is 8.45. The predicted octanol–water partition coefficient (Wildman–Crippen LogP) is 4.43. The first-order chi connectivity index (χ1) is 6.90. The Morgan fingerprint density at radius 1 is 1.29 bits per heavy atom. The fraction of sp³-hybridized carbons (Fsp3) is 0.538. The van der Waals surface area contributed by atoms with Gasteiger partial charge in [-0.15, -0.1) is 0 Å². The minimum Gasteiger partial charge on any atom is -0.0930 e. The molecule has 2 aliphatic carbocycles. The maximum absolute atomic E-state index is 5.41. The summed E-state index contributed by atoms with van der Waals surface area (Å²) in [6.45, 7) is 0. The van der Waals surface area contributed by atoms with Crippen molar-refractivity contribution in [3.05, 3.63) is 35.4 Å². The van der Waals surface area contributed by atoms with Crippen LogP contribution in [0, 0.1) is 11.8 Å². The molecule has 0 N–H and O–H groups in total. The maximum atomic E-state index is 5.41. The van der Waals surface area contributed by atoms with Crippen LogP contribution >= 0.6 is 11.6 Å². The van der Waals surface area contributed by atoms with E-state index in [1.807, 2.05) is 12.2 Å². The Labute approximate surface area is 91.3 Å². The molecule has 0 radical (unpaired) electrons. The Morgan fingerprint density at radius 3 is 2.86 bits per heavy atom. The van der Waals surface area contributed by atoms with Crippen LogP contribution in [-0.2, 0) is 0 Å². The monoisotopic (exact) mass is 208 g/mol. The van der Waals surface area contributed by atoms with Crippen LogP contribution in [0.25, 0.3) is 0 Å². The van der Waals surface area contributed by atoms with Crippen molar-refractivity contribution in [2.45, 2.75) is 32.1 Å². The van der Waals surface area contributed by atoms with Crippen molar-refractivity contribution in [2.75, 3.05) is 0 Å². The minimum atomic E-state index is 0.942. The van der Waals surface area contributed by atoms with Crippen molar-refractivity contribution in [1.82, 2.24) is 0 Å². The summed E-state index contributed by atoms with van der Waals surface area (Å²) in [6, 6.07) is 0. The van der Waals surface area contributed by atoms with Gasteiger partial charge >= 0.3 is 0 Å². The zero-order valence-corrected chi connectivity index (χ0v) is 9.21. The topological polar surface area (TPSA) is 0 Å². The first-order valence-corrected chi connectivity index (χ1v) is 5.94. The molecule has 1 heteroatoms. The highest BCUT2D eigenvalue weighted by Crippen LogP contribution is 2.47. The van der Waals surface area contributed by atoms with E-state index in [1.165, 1.54) is 25.7 Å². The number of rotatable bonds is 3. The summed E-state index contributed by atoms with van der Waals surface area (Å²) in [5.74, 6) is 1.97. The van der Waals surface area contributed by atoms with Crippen LogP contribution < -0.4 is 0 Å². The van der Waals surface area contributed by atoms with Crippen molar-refractivity contribution >= 4 is 11.6 Å². The van der Waals surface area contributed by atoms with E-state index in [0.717, 1.165) is 18.3 Å². The predicted molar refractivity (Wildman–Crippen MR) is 62.3 cm³/mol. The lowest BCUT2D eigenvalue weighted by molar-refractivity contribution is 0.560. The number of hydrogen-bond donors (Lipinski definition) is 0. The Kier molecular flexibility index (Phi) is 3.47. The Bertz CT molecular complexity index is 273. The molecule has 0 nitrogen and oxygen atoms in total. The van der Waals surface area contributed by atoms with Gasteiger partial charge in [-0.25, -0.2) is 0 Å². The molecule has 76 valence electrons. The van der Waals surface area contributed by atoms with Crippen molar-refractivity contribution in [3.8, 4) is 0 Å². The molecule has 0 amide bonds. The first kappa shape index (κ1) is 10.0. The second-order valence-electron chi connectivity index (χ2n) is 4.34. The number of allylic oxidation sites excluding steroid dienone is 5. The molecule has 0 aromatic rings. The molecular formula is C13H17Cl. The van der Waals surface area contributed by atoms with Crippen molar-refractivity contribution in [3.63, 3.8) is 0 Å². The van der Waals surface area contributed by atoms with Crippen molar-refractivity contribution < 1.29 is 0 Å². The summed E-state index contributed by atoms with van der Waals surface area (Å²) in [4.78, 5) is 0. The molecule has 0 spiro atoms. The number of fused-ring (bicyclic) bond motifs is 2. The molecule has 0 aliphatic heterocycles. The largest absolute Gasteiger partial charge is 0.0930 e. The van der Waals surface area contributed by atoms with Crippen LogP contribution in [0.1, 0.15) is 32.1 Å². The van der Waals surface area contributed by atoms with Crippen LogP contribution in [0.4, 0.5) is 0 Å². The smallest absolute Gasteiger partial charge is 0.00423 e. The molecule has 2 bridgehead atoms. The van der Waals surface area contributed by atoms with Gasteiger partial charge in [-0.1, -0.05) is 41.5 Å². The van der Waals surface area contributed by atoms with Gasteiger partial charge in [-0.3, -0.25) is 0 Å². The molecule has 2 rings (SSSR count). The molecule has 0 heterocycles. The number of halogens is 1. The highest BCUT2D eigenvalue weighted by molar-refractivity contribution is 6.25. The highest BCUT2D eigenvalue weighted by Gasteiger charge is 2.34. The molecular weight excluding hydrogens is 192 g/mol. The van der Waals surface area contributed by atoms with Gasteiger partial charge in [0.05, 0.1) is 0 Å². The Hall–Kier alpha value is -0.490. The summed E-state index contributed by atoms with van der Waals surface area (Å²) in [7, 11) is 0. The average molecular weight is 209 g/mol. The van der Waals surface area contributed by atoms with E-state index in [9.17, 15) is 0 Å². The van der Waals surface area contributed by atoms with E-state index in [1.54, 1.807) is 11.1 Å². The zero-order chi connectivity index (χ0) is 9.80. The van der Waals surface area contributed by atoms with E-state index in [4.69, 9.17) is 11.6 Å². The summed E-state index contributed by atoms with van der Waals surface area (Å²) in [5, 5.41) is 0. The van der Waals surface area contributed by atoms with Gasteiger partial charge in [0, 0.05) is 5.54 Å². The molecule has 14 heavy (non-hydrogen) atoms. The normalized spacial score (nSPS) is 34.2. The van der Waals surface area contributed by atoms with Gasteiger partial charge < -0.3 is 0 Å². The fourth-order valence-electron chi connectivity index (χ4n) is 2.77. The lowest BCUT2D eigenvalue weighted by atomic mass is 9.94. The Morgan fingerprint density at radius 2 is 2.21 bits per heavy atom. The molecule has 0 saturated heterocycles. The van der Waals surface area contributed by atoms with Crippen LogP contribution in [0.5, 0.6) is 0 Å². The molecule has 2 saturated carbocycles. The summed E-state index contributed by atoms with van der Waals surface area (Å²) in [5.41, 5.74) is 3.27. The van der Waals surface area contributed by atoms with E-state index < -0.39 is 0 Å². The quantitative estimate of drug-likeness (QED) is 0.476. The first-order valence-electron chi connectivity index (χ1n) is 5.51. The van der Waals surface area contributed by atoms with E-state index in [-0.39, 0.29) is 0 Å². The van der Waals surface area contributed by atoms with Crippen LogP contribution in [-0.4, -0.2) is 0 Å². The van der Waals surface area contributed by atoms with E-state index in [0.29, 0.717) is 0 Å². The molecule has 2 atom stereocenters. The molecule has 2 unspecified atom stereocenters. The molecule has 0 aromatic heterocycles. The van der Waals surface area contributed by atoms with Crippen LogP contribution in [0.15, 0.2) is 35.4 Å². The van der Waals surface area contributed by atoms with Gasteiger partial charge in [0.2, 0.25) is 0 Å². The van der Waals surface area contributed by atoms with Crippen LogP contribution in [0.3, 0.4) is 0 Å². The van der Waals surface area contributed by atoms with E-state index >= 15 is 0 Å². The third-order valence-electron chi connectivity index (χ3n) is 3.43. The standard InChI is InChI=1S/C13H17Cl/c14-8-4-2-1-3-5-12-9-11-6-7-13(12)10-11/h1-2,4-5,8,11,13H,3,6-7,9-10H2. The van der Waals surface area contributed by atoms with Crippen molar-refractivity contribution in [1.29, 1.82) is 0 Å². The summed E-state index contributed by atoms with van der Waals surface area (Å²) < 4.78 is 0. The van der Waals surface area contributed by atoms with Crippen molar-refractivity contribution in [2.24, 2.45) is 11.8 Å². The lowest BCUT2D eigenvalue weighted by Gasteiger charge is -2.12. The van der Waals surface area contributed by atoms with Crippen LogP contribution in [0.2, 0.25) is 0 Å². The van der Waals surface area contributed by atoms with Gasteiger partial charge in [0.25, 0.3) is 0 Å². The molecule has 0 aromatic carbocycles. The number of hydrogen-bond acceptors (Lipinski definition) is 0. The molecule has 2 aliphatic rings. The van der Waals surface area contributed by atoms with Gasteiger partial charge in [-0.2, -0.15) is 0 Å². The molecule has 2 fully saturated rings. The Balaban J connectivity index is 1.81. The lowest BCUT2D eigenvalue weighted by Crippen LogP contribution is -1.97. The van der Waals surface area contributed by atoms with Gasteiger partial charge in [-0.05, 0) is 43.9 Å². The third-order valence-corrected chi connectivity index (χ3v) is 3.57. The van der Waals surface area contributed by atoms with E-state index in [2.05, 4.69) is 12.2 Å². The second kappa shape index (κ2) is 4.84. The minimum absolute atomic E-state index is 0.942. The highest BCUT2D eigenvalue weighted by atomic mass is 35.5. The van der Waals surface area contributed by atoms with Gasteiger partial charge in [0.1, 0.15) is 0 Å². The second-order valence-corrected chi connectivity index (χ2v) is 4.59. The fourth-order valence-corrected chi connectivity index (χ4v) is 2.85. The summed E-state index contributed by atoms with van der Waals surface area (Å²) >= 11 is 5.41. The SMILES string of the molecule is ClC=CC=CCC=C1CC2CCC1C2. The third kappa shape index (κ3) is 2.30. The summed E-state index contributed by atoms with van der Waals surface area (Å²) in [6.07, 6.45) is 15.3. The maximum Gasteiger partial charge on any atom is 0.00423 e.